The van der Waals surface area contributed by atoms with E-state index >= 15 is 0 Å². The molecule has 0 bridgehead atoms. The Balaban J connectivity index is 1.92. The molecule has 0 aromatic heterocycles. The van der Waals surface area contributed by atoms with Gasteiger partial charge in [-0.2, -0.15) is 8.42 Å². The summed E-state index contributed by atoms with van der Waals surface area (Å²) in [6, 6.07) is 9.61. The van der Waals surface area contributed by atoms with Crippen LogP contribution in [0.4, 0.5) is 4.39 Å². The van der Waals surface area contributed by atoms with Gasteiger partial charge in [-0.1, -0.05) is 53.4 Å². The van der Waals surface area contributed by atoms with Gasteiger partial charge in [0.1, 0.15) is 5.82 Å². The first-order valence-corrected chi connectivity index (χ1v) is 13.5. The lowest BCUT2D eigenvalue weighted by Gasteiger charge is -2.37. The molecule has 5 nitrogen and oxygen atoms in total. The highest BCUT2D eigenvalue weighted by Gasteiger charge is 2.38. The smallest absolute Gasteiger partial charge is 0.264 e. The highest BCUT2D eigenvalue weighted by Crippen LogP contribution is 2.39. The van der Waals surface area contributed by atoms with Crippen molar-refractivity contribution >= 4 is 50.8 Å². The molecule has 3 rings (SSSR count). The van der Waals surface area contributed by atoms with Gasteiger partial charge in [0, 0.05) is 29.1 Å². The lowest BCUT2D eigenvalue weighted by molar-refractivity contribution is -0.131. The SMILES string of the molecule is CS(=O)(=O)OCC[C@@]1(c2ccc(Cl)c(Cl)c2)CCCCN(C(=O)Cc2c(F)cccc2Cl)C1. The van der Waals surface area contributed by atoms with E-state index in [0.717, 1.165) is 24.7 Å². The van der Waals surface area contributed by atoms with Crippen LogP contribution >= 0.6 is 34.8 Å². The molecule has 2 aromatic rings. The second-order valence-electron chi connectivity index (χ2n) is 8.33. The van der Waals surface area contributed by atoms with Gasteiger partial charge in [0.25, 0.3) is 10.1 Å². The first kappa shape index (κ1) is 26.2. The largest absolute Gasteiger partial charge is 0.342 e. The Morgan fingerprint density at radius 3 is 2.55 bits per heavy atom. The maximum Gasteiger partial charge on any atom is 0.264 e. The number of likely N-dealkylation sites (tertiary alicyclic amines) is 1. The van der Waals surface area contributed by atoms with E-state index in [0.29, 0.717) is 36.0 Å². The van der Waals surface area contributed by atoms with Crippen LogP contribution in [0.25, 0.3) is 0 Å². The molecule has 10 heteroatoms. The lowest BCUT2D eigenvalue weighted by atomic mass is 9.74. The predicted molar refractivity (Wildman–Crippen MR) is 129 cm³/mol. The van der Waals surface area contributed by atoms with Crippen LogP contribution in [0, 0.1) is 5.82 Å². The molecule has 1 aliphatic rings. The molecule has 2 aromatic carbocycles. The maximum atomic E-state index is 14.3. The third-order valence-corrected chi connectivity index (χ3v) is 7.67. The van der Waals surface area contributed by atoms with Gasteiger partial charge in [-0.05, 0) is 49.1 Å². The van der Waals surface area contributed by atoms with Crippen LogP contribution in [0.15, 0.2) is 36.4 Å². The van der Waals surface area contributed by atoms with Crippen LogP contribution in [0.5, 0.6) is 0 Å². The zero-order valence-corrected chi connectivity index (χ0v) is 21.2. The number of halogens is 4. The van der Waals surface area contributed by atoms with Crippen molar-refractivity contribution in [3.8, 4) is 0 Å². The van der Waals surface area contributed by atoms with Crippen molar-refractivity contribution in [3.05, 3.63) is 68.4 Å². The molecule has 0 spiro atoms. The molecule has 33 heavy (non-hydrogen) atoms. The number of rotatable bonds is 7. The zero-order chi connectivity index (χ0) is 24.2. The van der Waals surface area contributed by atoms with Crippen LogP contribution in [0.2, 0.25) is 15.1 Å². The molecular formula is C23H25Cl3FNO4S. The molecule has 0 N–H and O–H groups in total. The van der Waals surface area contributed by atoms with Gasteiger partial charge in [0.15, 0.2) is 0 Å². The highest BCUT2D eigenvalue weighted by molar-refractivity contribution is 7.85. The van der Waals surface area contributed by atoms with Crippen molar-refractivity contribution in [2.45, 2.75) is 37.5 Å². The zero-order valence-electron chi connectivity index (χ0n) is 18.1. The summed E-state index contributed by atoms with van der Waals surface area (Å²) in [5.74, 6) is -0.777. The lowest BCUT2D eigenvalue weighted by Crippen LogP contribution is -2.44. The number of hydrogen-bond donors (Lipinski definition) is 0. The number of carbonyl (C=O) groups is 1. The molecule has 1 aliphatic heterocycles. The van der Waals surface area contributed by atoms with E-state index in [1.165, 1.54) is 12.1 Å². The summed E-state index contributed by atoms with van der Waals surface area (Å²) < 4.78 is 42.4. The number of carbonyl (C=O) groups excluding carboxylic acids is 1. The molecular weight excluding hydrogens is 512 g/mol. The Hall–Kier alpha value is -1.38. The van der Waals surface area contributed by atoms with Crippen LogP contribution in [-0.2, 0) is 30.9 Å². The third-order valence-electron chi connectivity index (χ3n) is 5.98. The van der Waals surface area contributed by atoms with E-state index in [1.54, 1.807) is 23.1 Å². The summed E-state index contributed by atoms with van der Waals surface area (Å²) in [5, 5.41) is 0.979. The number of hydrogen-bond acceptors (Lipinski definition) is 4. The van der Waals surface area contributed by atoms with Gasteiger partial charge in [-0.25, -0.2) is 4.39 Å². The van der Waals surface area contributed by atoms with E-state index < -0.39 is 21.4 Å². The summed E-state index contributed by atoms with van der Waals surface area (Å²) in [7, 11) is -3.62. The molecule has 0 saturated carbocycles. The fraction of sp³-hybridized carbons (Fsp3) is 0.435. The Morgan fingerprint density at radius 2 is 1.88 bits per heavy atom. The topological polar surface area (TPSA) is 63.7 Å². The summed E-state index contributed by atoms with van der Waals surface area (Å²) in [6.45, 7) is 0.768. The van der Waals surface area contributed by atoms with Gasteiger partial charge < -0.3 is 4.90 Å². The standard InChI is InChI=1S/C23H25Cl3FNO4S/c1-33(30,31)32-12-10-23(16-7-8-19(25)20(26)13-16)9-2-3-11-28(15-23)22(29)14-17-18(24)5-4-6-21(17)27/h4-8,13H,2-3,9-12,14-15H2,1H3/t23-/m0/s1. The Morgan fingerprint density at radius 1 is 1.12 bits per heavy atom. The predicted octanol–water partition coefficient (Wildman–Crippen LogP) is 5.65. The first-order valence-electron chi connectivity index (χ1n) is 10.5. The average Bonchev–Trinajstić information content (AvgIpc) is 2.95. The number of benzene rings is 2. The van der Waals surface area contributed by atoms with Crippen molar-refractivity contribution < 1.29 is 21.8 Å². The Bertz CT molecular complexity index is 1110. The van der Waals surface area contributed by atoms with E-state index in [4.69, 9.17) is 39.0 Å². The van der Waals surface area contributed by atoms with Crippen molar-refractivity contribution in [2.75, 3.05) is 26.0 Å². The van der Waals surface area contributed by atoms with Crippen LogP contribution in [0.3, 0.4) is 0 Å². The number of amides is 1. The van der Waals surface area contributed by atoms with Crippen LogP contribution in [0.1, 0.15) is 36.8 Å². The fourth-order valence-electron chi connectivity index (χ4n) is 4.27. The van der Waals surface area contributed by atoms with E-state index in [9.17, 15) is 17.6 Å². The minimum absolute atomic E-state index is 0.0414. The van der Waals surface area contributed by atoms with Gasteiger partial charge in [-0.15, -0.1) is 0 Å². The highest BCUT2D eigenvalue weighted by atomic mass is 35.5. The third kappa shape index (κ3) is 6.83. The number of nitrogens with zero attached hydrogens (tertiary/aromatic N) is 1. The first-order chi connectivity index (χ1) is 15.5. The molecule has 1 amide bonds. The molecule has 1 saturated heterocycles. The van der Waals surface area contributed by atoms with Crippen molar-refractivity contribution in [3.63, 3.8) is 0 Å². The molecule has 1 atom stereocenters. The summed E-state index contributed by atoms with van der Waals surface area (Å²) in [6.07, 6.45) is 3.45. The monoisotopic (exact) mass is 535 g/mol. The molecule has 1 heterocycles. The molecule has 0 radical (unpaired) electrons. The van der Waals surface area contributed by atoms with Gasteiger partial charge in [-0.3, -0.25) is 8.98 Å². The normalized spacial score (nSPS) is 19.4. The van der Waals surface area contributed by atoms with Gasteiger partial charge >= 0.3 is 0 Å². The summed E-state index contributed by atoms with van der Waals surface area (Å²) >= 11 is 18.5. The Kier molecular flexibility index (Phi) is 8.67. The van der Waals surface area contributed by atoms with Crippen molar-refractivity contribution in [2.24, 2.45) is 0 Å². The van der Waals surface area contributed by atoms with Crippen molar-refractivity contribution in [1.29, 1.82) is 0 Å². The van der Waals surface area contributed by atoms with E-state index in [-0.39, 0.29) is 29.5 Å². The quantitative estimate of drug-likeness (QED) is 0.429. The Labute approximate surface area is 208 Å². The minimum atomic E-state index is -3.62. The average molecular weight is 537 g/mol. The van der Waals surface area contributed by atoms with E-state index in [1.807, 2.05) is 6.07 Å². The van der Waals surface area contributed by atoms with Crippen molar-refractivity contribution in [1.82, 2.24) is 4.90 Å². The molecule has 1 fully saturated rings. The van der Waals surface area contributed by atoms with Crippen LogP contribution in [-0.4, -0.2) is 45.2 Å². The van der Waals surface area contributed by atoms with Gasteiger partial charge in [0.05, 0.1) is 29.3 Å². The minimum Gasteiger partial charge on any atom is -0.342 e. The fourth-order valence-corrected chi connectivity index (χ4v) is 5.18. The molecule has 0 unspecified atom stereocenters. The van der Waals surface area contributed by atoms with Gasteiger partial charge in [0.2, 0.25) is 5.91 Å². The maximum absolute atomic E-state index is 14.3. The summed E-state index contributed by atoms with van der Waals surface area (Å²) in [5.41, 5.74) is 0.399. The molecule has 180 valence electrons. The van der Waals surface area contributed by atoms with E-state index in [2.05, 4.69) is 0 Å². The second-order valence-corrected chi connectivity index (χ2v) is 11.2. The second kappa shape index (κ2) is 10.9. The van der Waals surface area contributed by atoms with Crippen LogP contribution < -0.4 is 0 Å². The summed E-state index contributed by atoms with van der Waals surface area (Å²) in [4.78, 5) is 14.9. The molecule has 0 aliphatic carbocycles.